The summed E-state index contributed by atoms with van der Waals surface area (Å²) in [7, 11) is 0. The molecule has 0 spiro atoms. The molecule has 0 amide bonds. The van der Waals surface area contributed by atoms with Crippen molar-refractivity contribution in [2.75, 3.05) is 25.4 Å². The minimum Gasteiger partial charge on any atom is -0.490 e. The Morgan fingerprint density at radius 1 is 1.30 bits per heavy atom. The first-order valence-electron chi connectivity index (χ1n) is 13.7. The number of thiazole rings is 1. The molecular formula is C30H42N4OS2. The minimum atomic E-state index is 0.0355. The first kappa shape index (κ1) is 29.4. The standard InChI is InChI=1S/C28H36N4OS2.C2H6/c1-20(2)33-27-12-10-22(17-23(27)18-29)28-30-19-24(35-28)7-4-5-8-25-21(3)9-11-26(25)31-34-16-15-32-13-6-14-32;1-2/h4-5,8,10,12,17,19-21,26,31H,6-7,9,11,13-16H2,1-3H3;1-2H3/b5-4-,25-8+;. The van der Waals surface area contributed by atoms with Gasteiger partial charge < -0.3 is 9.64 Å². The number of nitrogens with zero attached hydrogens (tertiary/aromatic N) is 3. The Balaban J connectivity index is 0.00000186. The van der Waals surface area contributed by atoms with Crippen LogP contribution in [-0.2, 0) is 6.42 Å². The van der Waals surface area contributed by atoms with Crippen molar-refractivity contribution in [3.63, 3.8) is 0 Å². The molecule has 1 aromatic carbocycles. The molecule has 2 atom stereocenters. The van der Waals surface area contributed by atoms with Crippen molar-refractivity contribution in [2.45, 2.75) is 72.4 Å². The van der Waals surface area contributed by atoms with Gasteiger partial charge in [-0.25, -0.2) is 4.98 Å². The zero-order valence-corrected chi connectivity index (χ0v) is 24.6. The Bertz CT molecular complexity index is 1080. The van der Waals surface area contributed by atoms with Crippen LogP contribution in [-0.4, -0.2) is 47.4 Å². The first-order chi connectivity index (χ1) is 18.0. The summed E-state index contributed by atoms with van der Waals surface area (Å²) < 4.78 is 9.45. The van der Waals surface area contributed by atoms with Crippen LogP contribution in [0.5, 0.6) is 5.75 Å². The number of ether oxygens (including phenoxy) is 1. The molecule has 1 N–H and O–H groups in total. The summed E-state index contributed by atoms with van der Waals surface area (Å²) in [5, 5.41) is 10.4. The van der Waals surface area contributed by atoms with Crippen molar-refractivity contribution in [2.24, 2.45) is 5.92 Å². The average Bonchev–Trinajstić information content (AvgIpc) is 3.48. The molecule has 2 unspecified atom stereocenters. The number of rotatable bonds is 11. The van der Waals surface area contributed by atoms with Crippen molar-refractivity contribution in [1.82, 2.24) is 14.6 Å². The van der Waals surface area contributed by atoms with Crippen molar-refractivity contribution in [3.8, 4) is 22.4 Å². The summed E-state index contributed by atoms with van der Waals surface area (Å²) in [5.74, 6) is 2.42. The highest BCUT2D eigenvalue weighted by Crippen LogP contribution is 2.33. The van der Waals surface area contributed by atoms with Crippen LogP contribution in [0.25, 0.3) is 10.6 Å². The largest absolute Gasteiger partial charge is 0.490 e. The minimum absolute atomic E-state index is 0.0355. The number of nitriles is 1. The van der Waals surface area contributed by atoms with Gasteiger partial charge in [-0.3, -0.25) is 4.72 Å². The second-order valence-corrected chi connectivity index (χ2v) is 11.7. The Kier molecular flexibility index (Phi) is 12.2. The normalized spacial score (nSPS) is 20.6. The molecule has 4 rings (SSSR count). The molecule has 0 radical (unpaired) electrons. The maximum atomic E-state index is 9.50. The van der Waals surface area contributed by atoms with Gasteiger partial charge in [0.1, 0.15) is 16.8 Å². The van der Waals surface area contributed by atoms with Crippen LogP contribution in [0.2, 0.25) is 0 Å². The van der Waals surface area contributed by atoms with E-state index in [1.807, 2.05) is 64.0 Å². The summed E-state index contributed by atoms with van der Waals surface area (Å²) in [6.07, 6.45) is 13.4. The number of nitrogens with one attached hydrogen (secondary N) is 1. The van der Waals surface area contributed by atoms with Crippen LogP contribution in [0, 0.1) is 17.2 Å². The smallest absolute Gasteiger partial charge is 0.137 e. The molecule has 1 aromatic heterocycles. The van der Waals surface area contributed by atoms with E-state index < -0.39 is 0 Å². The van der Waals surface area contributed by atoms with Gasteiger partial charge in [0.15, 0.2) is 0 Å². The van der Waals surface area contributed by atoms with Gasteiger partial charge in [0.05, 0.1) is 11.7 Å². The fraction of sp³-hybridized carbons (Fsp3) is 0.533. The van der Waals surface area contributed by atoms with Crippen molar-refractivity contribution < 1.29 is 4.74 Å². The van der Waals surface area contributed by atoms with Gasteiger partial charge in [-0.1, -0.05) is 50.9 Å². The topological polar surface area (TPSA) is 61.2 Å². The molecule has 37 heavy (non-hydrogen) atoms. The lowest BCUT2D eigenvalue weighted by atomic mass is 10.0. The van der Waals surface area contributed by atoms with Crippen LogP contribution in [0.15, 0.2) is 48.2 Å². The highest BCUT2D eigenvalue weighted by Gasteiger charge is 2.26. The van der Waals surface area contributed by atoms with Crippen LogP contribution >= 0.6 is 23.3 Å². The lowest BCUT2D eigenvalue weighted by Gasteiger charge is -2.30. The molecule has 200 valence electrons. The Labute approximate surface area is 232 Å². The molecule has 2 aromatic rings. The van der Waals surface area contributed by atoms with Gasteiger partial charge in [0.25, 0.3) is 0 Å². The summed E-state index contributed by atoms with van der Waals surface area (Å²) >= 11 is 3.56. The van der Waals surface area contributed by atoms with E-state index in [4.69, 9.17) is 4.74 Å². The predicted octanol–water partition coefficient (Wildman–Crippen LogP) is 7.26. The van der Waals surface area contributed by atoms with E-state index in [0.717, 1.165) is 22.7 Å². The molecule has 2 heterocycles. The Hall–Kier alpha value is -2.11. The second kappa shape index (κ2) is 15.3. The van der Waals surface area contributed by atoms with E-state index in [1.165, 1.54) is 49.3 Å². The summed E-state index contributed by atoms with van der Waals surface area (Å²) in [6.45, 7) is 14.0. The van der Waals surface area contributed by atoms with Gasteiger partial charge >= 0.3 is 0 Å². The van der Waals surface area contributed by atoms with Gasteiger partial charge in [-0.05, 0) is 75.9 Å². The fourth-order valence-electron chi connectivity index (χ4n) is 4.45. The van der Waals surface area contributed by atoms with E-state index in [0.29, 0.717) is 23.3 Å². The second-order valence-electron chi connectivity index (χ2n) is 9.61. The predicted molar refractivity (Wildman–Crippen MR) is 159 cm³/mol. The molecule has 1 aliphatic heterocycles. The summed E-state index contributed by atoms with van der Waals surface area (Å²) in [6, 6.07) is 8.46. The SMILES string of the molecule is CC.CC(C)Oc1ccc(-c2ncc(C/C=C\C=C3/C(C)CCC3NSCCN3CCC3)s2)cc1C#N. The molecule has 5 nitrogen and oxygen atoms in total. The summed E-state index contributed by atoms with van der Waals surface area (Å²) in [4.78, 5) is 8.34. The Morgan fingerprint density at radius 3 is 2.81 bits per heavy atom. The monoisotopic (exact) mass is 538 g/mol. The molecule has 1 saturated carbocycles. The zero-order valence-electron chi connectivity index (χ0n) is 23.0. The molecule has 1 saturated heterocycles. The number of aromatic nitrogens is 1. The van der Waals surface area contributed by atoms with E-state index in [-0.39, 0.29) is 6.10 Å². The number of benzene rings is 1. The summed E-state index contributed by atoms with van der Waals surface area (Å²) in [5.41, 5.74) is 3.03. The lowest BCUT2D eigenvalue weighted by Crippen LogP contribution is -2.39. The van der Waals surface area contributed by atoms with Crippen molar-refractivity contribution >= 4 is 23.3 Å². The van der Waals surface area contributed by atoms with Crippen LogP contribution in [0.3, 0.4) is 0 Å². The number of likely N-dealkylation sites (tertiary alicyclic amines) is 1. The third kappa shape index (κ3) is 8.71. The molecule has 7 heteroatoms. The molecule has 2 aliphatic rings. The molecular weight excluding hydrogens is 496 g/mol. The van der Waals surface area contributed by atoms with Gasteiger partial charge in [-0.2, -0.15) is 5.26 Å². The van der Waals surface area contributed by atoms with Crippen molar-refractivity contribution in [3.05, 3.63) is 58.6 Å². The van der Waals surface area contributed by atoms with Crippen LogP contribution in [0.1, 0.15) is 64.3 Å². The van der Waals surface area contributed by atoms with Crippen LogP contribution < -0.4 is 9.46 Å². The lowest BCUT2D eigenvalue weighted by molar-refractivity contribution is 0.194. The van der Waals surface area contributed by atoms with Gasteiger partial charge in [0, 0.05) is 41.4 Å². The third-order valence-electron chi connectivity index (χ3n) is 6.55. The first-order valence-corrected chi connectivity index (χ1v) is 15.5. The zero-order chi connectivity index (χ0) is 26.6. The fourth-order valence-corrected chi connectivity index (χ4v) is 6.25. The van der Waals surface area contributed by atoms with E-state index in [9.17, 15) is 5.26 Å². The molecule has 0 bridgehead atoms. The number of allylic oxidation sites excluding steroid dienone is 3. The maximum Gasteiger partial charge on any atom is 0.137 e. The number of hydrogen-bond donors (Lipinski definition) is 1. The van der Waals surface area contributed by atoms with Crippen molar-refractivity contribution in [1.29, 1.82) is 5.26 Å². The maximum absolute atomic E-state index is 9.50. The average molecular weight is 539 g/mol. The highest BCUT2D eigenvalue weighted by atomic mass is 32.2. The van der Waals surface area contributed by atoms with Crippen LogP contribution in [0.4, 0.5) is 0 Å². The quantitative estimate of drug-likeness (QED) is 0.240. The van der Waals surface area contributed by atoms with E-state index in [1.54, 1.807) is 11.3 Å². The Morgan fingerprint density at radius 2 is 2.11 bits per heavy atom. The number of hydrogen-bond acceptors (Lipinski definition) is 7. The van der Waals surface area contributed by atoms with Gasteiger partial charge in [-0.15, -0.1) is 11.3 Å². The molecule has 1 aliphatic carbocycles. The highest BCUT2D eigenvalue weighted by molar-refractivity contribution is 7.97. The van der Waals surface area contributed by atoms with E-state index >= 15 is 0 Å². The van der Waals surface area contributed by atoms with E-state index in [2.05, 4.69) is 45.8 Å². The van der Waals surface area contributed by atoms with Gasteiger partial charge in [0.2, 0.25) is 0 Å². The molecule has 2 fully saturated rings. The third-order valence-corrected chi connectivity index (χ3v) is 8.46.